The van der Waals surface area contributed by atoms with E-state index < -0.39 is 0 Å². The summed E-state index contributed by atoms with van der Waals surface area (Å²) in [7, 11) is 1.62. The number of ether oxygens (including phenoxy) is 1. The van der Waals surface area contributed by atoms with Gasteiger partial charge in [0, 0.05) is 48.5 Å². The maximum Gasteiger partial charge on any atom is 0.267 e. The quantitative estimate of drug-likeness (QED) is 0.524. The molecule has 0 aliphatic carbocycles. The van der Waals surface area contributed by atoms with Crippen LogP contribution in [0, 0.1) is 5.92 Å². The predicted molar refractivity (Wildman–Crippen MR) is 124 cm³/mol. The first kappa shape index (κ1) is 21.9. The Morgan fingerprint density at radius 2 is 1.94 bits per heavy atom. The number of pyridine rings is 1. The number of benzene rings is 1. The number of carbonyl (C=O) groups is 2. The fraction of sp³-hybridized carbons (Fsp3) is 0.400. The molecule has 2 aromatic heterocycles. The molecule has 2 amide bonds. The summed E-state index contributed by atoms with van der Waals surface area (Å²) >= 11 is 0. The Balaban J connectivity index is 1.13. The summed E-state index contributed by atoms with van der Waals surface area (Å²) < 4.78 is 5.16. The number of methoxy groups -OCH3 is 1. The van der Waals surface area contributed by atoms with E-state index >= 15 is 0 Å². The van der Waals surface area contributed by atoms with Crippen molar-refractivity contribution in [3.8, 4) is 5.75 Å². The number of unbranched alkanes of at least 4 members (excludes halogenated alkanes) is 1. The molecule has 0 unspecified atom stereocenters. The second-order valence-corrected chi connectivity index (χ2v) is 8.36. The number of likely N-dealkylation sites (tertiary alicyclic amines) is 1. The van der Waals surface area contributed by atoms with E-state index in [4.69, 9.17) is 4.74 Å². The van der Waals surface area contributed by atoms with Gasteiger partial charge in [-0.1, -0.05) is 12.8 Å². The Labute approximate surface area is 188 Å². The Kier molecular flexibility index (Phi) is 7.04. The van der Waals surface area contributed by atoms with Gasteiger partial charge in [-0.2, -0.15) is 0 Å². The molecule has 0 saturated carbocycles. The standard InChI is InChI=1S/C25H30N4O3/c1-32-21-7-5-19(6-8-21)25(31)29-14-10-18(11-15-29)4-2-3-12-27-24(30)23-16-20-17-26-13-9-22(20)28-23/h5-9,13,16-18,28H,2-4,10-12,14-15H2,1H3,(H,27,30). The van der Waals surface area contributed by atoms with E-state index in [9.17, 15) is 9.59 Å². The van der Waals surface area contributed by atoms with Gasteiger partial charge in [0.25, 0.3) is 11.8 Å². The van der Waals surface area contributed by atoms with Crippen LogP contribution in [0.25, 0.3) is 10.9 Å². The monoisotopic (exact) mass is 434 g/mol. The van der Waals surface area contributed by atoms with Crippen LogP contribution >= 0.6 is 0 Å². The molecule has 3 aromatic rings. The lowest BCUT2D eigenvalue weighted by atomic mass is 9.91. The number of H-pyrrole nitrogens is 1. The van der Waals surface area contributed by atoms with Gasteiger partial charge in [0.15, 0.2) is 0 Å². The van der Waals surface area contributed by atoms with Crippen molar-refractivity contribution in [3.63, 3.8) is 0 Å². The first-order chi connectivity index (χ1) is 15.6. The smallest absolute Gasteiger partial charge is 0.267 e. The number of nitrogens with zero attached hydrogens (tertiary/aromatic N) is 2. The molecule has 7 heteroatoms. The first-order valence-corrected chi connectivity index (χ1v) is 11.3. The third-order valence-electron chi connectivity index (χ3n) is 6.23. The number of piperidine rings is 1. The highest BCUT2D eigenvalue weighted by Crippen LogP contribution is 2.24. The molecule has 168 valence electrons. The van der Waals surface area contributed by atoms with Crippen molar-refractivity contribution in [2.45, 2.75) is 32.1 Å². The van der Waals surface area contributed by atoms with Crippen molar-refractivity contribution in [1.82, 2.24) is 20.2 Å². The van der Waals surface area contributed by atoms with Gasteiger partial charge in [-0.15, -0.1) is 0 Å². The van der Waals surface area contributed by atoms with Crippen molar-refractivity contribution in [1.29, 1.82) is 0 Å². The number of aromatic amines is 1. The topological polar surface area (TPSA) is 87.3 Å². The molecule has 1 saturated heterocycles. The molecule has 0 bridgehead atoms. The molecule has 4 rings (SSSR count). The minimum absolute atomic E-state index is 0.0773. The average Bonchev–Trinajstić information content (AvgIpc) is 3.28. The van der Waals surface area contributed by atoms with Crippen LogP contribution in [0.3, 0.4) is 0 Å². The Bertz CT molecular complexity index is 1020. The number of amides is 2. The number of nitrogens with one attached hydrogen (secondary N) is 2. The minimum Gasteiger partial charge on any atom is -0.497 e. The fourth-order valence-corrected chi connectivity index (χ4v) is 4.29. The van der Waals surface area contributed by atoms with Crippen LogP contribution in [0.4, 0.5) is 0 Å². The Morgan fingerprint density at radius 1 is 1.16 bits per heavy atom. The summed E-state index contributed by atoms with van der Waals surface area (Å²) in [5, 5.41) is 3.93. The van der Waals surface area contributed by atoms with E-state index in [1.165, 1.54) is 0 Å². The molecule has 1 fully saturated rings. The highest BCUT2D eigenvalue weighted by Gasteiger charge is 2.23. The van der Waals surface area contributed by atoms with Crippen LogP contribution in [0.2, 0.25) is 0 Å². The number of aromatic nitrogens is 2. The summed E-state index contributed by atoms with van der Waals surface area (Å²) in [6.07, 6.45) is 8.71. The van der Waals surface area contributed by atoms with Gasteiger partial charge in [-0.05, 0) is 61.6 Å². The normalized spacial score (nSPS) is 14.5. The zero-order valence-corrected chi connectivity index (χ0v) is 18.5. The van der Waals surface area contributed by atoms with Crippen LogP contribution in [0.15, 0.2) is 48.8 Å². The molecule has 0 radical (unpaired) electrons. The second kappa shape index (κ2) is 10.3. The van der Waals surface area contributed by atoms with Gasteiger partial charge in [-0.25, -0.2) is 0 Å². The Hall–Kier alpha value is -3.35. The van der Waals surface area contributed by atoms with Crippen LogP contribution in [0.1, 0.15) is 53.0 Å². The summed E-state index contributed by atoms with van der Waals surface area (Å²) in [5.74, 6) is 1.43. The third kappa shape index (κ3) is 5.28. The summed E-state index contributed by atoms with van der Waals surface area (Å²) in [5.41, 5.74) is 2.20. The van der Waals surface area contributed by atoms with Crippen molar-refractivity contribution in [3.05, 3.63) is 60.0 Å². The zero-order chi connectivity index (χ0) is 22.3. The SMILES string of the molecule is COc1ccc(C(=O)N2CCC(CCCCNC(=O)c3cc4cnccc4[nH]3)CC2)cc1. The molecule has 0 atom stereocenters. The van der Waals surface area contributed by atoms with E-state index in [-0.39, 0.29) is 11.8 Å². The number of rotatable bonds is 8. The van der Waals surface area contributed by atoms with Crippen molar-refractivity contribution in [2.75, 3.05) is 26.7 Å². The molecule has 1 aromatic carbocycles. The number of hydrogen-bond acceptors (Lipinski definition) is 4. The van der Waals surface area contributed by atoms with Gasteiger partial charge < -0.3 is 19.9 Å². The lowest BCUT2D eigenvalue weighted by Gasteiger charge is -2.32. The van der Waals surface area contributed by atoms with E-state index in [1.54, 1.807) is 19.5 Å². The van der Waals surface area contributed by atoms with Crippen LogP contribution in [-0.2, 0) is 0 Å². The number of carbonyl (C=O) groups excluding carboxylic acids is 2. The number of hydrogen-bond donors (Lipinski definition) is 2. The highest BCUT2D eigenvalue weighted by molar-refractivity contribution is 5.97. The Morgan fingerprint density at radius 3 is 2.66 bits per heavy atom. The molecule has 32 heavy (non-hydrogen) atoms. The third-order valence-corrected chi connectivity index (χ3v) is 6.23. The van der Waals surface area contributed by atoms with Crippen LogP contribution < -0.4 is 10.1 Å². The molecular formula is C25H30N4O3. The van der Waals surface area contributed by atoms with Gasteiger partial charge in [0.1, 0.15) is 11.4 Å². The fourth-order valence-electron chi connectivity index (χ4n) is 4.29. The maximum atomic E-state index is 12.7. The number of fused-ring (bicyclic) bond motifs is 1. The van der Waals surface area contributed by atoms with Gasteiger partial charge in [-0.3, -0.25) is 14.6 Å². The minimum atomic E-state index is -0.0773. The summed E-state index contributed by atoms with van der Waals surface area (Å²) in [6.45, 7) is 2.28. The zero-order valence-electron chi connectivity index (χ0n) is 18.5. The largest absolute Gasteiger partial charge is 0.497 e. The molecule has 7 nitrogen and oxygen atoms in total. The molecule has 1 aliphatic rings. The summed E-state index contributed by atoms with van der Waals surface area (Å²) in [6, 6.07) is 11.0. The van der Waals surface area contributed by atoms with E-state index in [0.29, 0.717) is 23.7 Å². The van der Waals surface area contributed by atoms with Crippen LogP contribution in [-0.4, -0.2) is 53.4 Å². The predicted octanol–water partition coefficient (Wildman–Crippen LogP) is 4.02. The van der Waals surface area contributed by atoms with E-state index in [0.717, 1.165) is 61.8 Å². The molecule has 0 spiro atoms. The molecule has 3 heterocycles. The van der Waals surface area contributed by atoms with Gasteiger partial charge in [0.05, 0.1) is 7.11 Å². The first-order valence-electron chi connectivity index (χ1n) is 11.3. The van der Waals surface area contributed by atoms with Crippen molar-refractivity contribution < 1.29 is 14.3 Å². The molecule has 1 aliphatic heterocycles. The second-order valence-electron chi connectivity index (χ2n) is 8.36. The van der Waals surface area contributed by atoms with E-state index in [1.807, 2.05) is 41.3 Å². The van der Waals surface area contributed by atoms with Crippen LogP contribution in [0.5, 0.6) is 5.75 Å². The maximum absolute atomic E-state index is 12.7. The van der Waals surface area contributed by atoms with E-state index in [2.05, 4.69) is 15.3 Å². The van der Waals surface area contributed by atoms with Crippen molar-refractivity contribution in [2.24, 2.45) is 5.92 Å². The van der Waals surface area contributed by atoms with Gasteiger partial charge >= 0.3 is 0 Å². The van der Waals surface area contributed by atoms with Crippen molar-refractivity contribution >= 4 is 22.7 Å². The lowest BCUT2D eigenvalue weighted by Crippen LogP contribution is -2.38. The van der Waals surface area contributed by atoms with Gasteiger partial charge in [0.2, 0.25) is 0 Å². The highest BCUT2D eigenvalue weighted by atomic mass is 16.5. The average molecular weight is 435 g/mol. The molecule has 2 N–H and O–H groups in total. The summed E-state index contributed by atoms with van der Waals surface area (Å²) in [4.78, 5) is 34.2. The molecular weight excluding hydrogens is 404 g/mol. The lowest BCUT2D eigenvalue weighted by molar-refractivity contribution is 0.0685.